The van der Waals surface area contributed by atoms with Crippen molar-refractivity contribution in [3.8, 4) is 0 Å². The number of amides is 1. The minimum Gasteiger partial charge on any atom is -0.363 e. The van der Waals surface area contributed by atoms with Crippen molar-refractivity contribution in [3.05, 3.63) is 57.8 Å². The molecule has 1 aromatic heterocycles. The van der Waals surface area contributed by atoms with E-state index in [-0.39, 0.29) is 18.2 Å². The van der Waals surface area contributed by atoms with Gasteiger partial charge in [-0.1, -0.05) is 30.3 Å². The van der Waals surface area contributed by atoms with E-state index in [1.165, 1.54) is 11.3 Å². The second kappa shape index (κ2) is 7.13. The molecule has 0 bridgehead atoms. The summed E-state index contributed by atoms with van der Waals surface area (Å²) in [6.45, 7) is 1.17. The zero-order chi connectivity index (χ0) is 18.1. The highest BCUT2D eigenvalue weighted by Crippen LogP contribution is 2.34. The van der Waals surface area contributed by atoms with Gasteiger partial charge in [0.15, 0.2) is 15.9 Å². The molecule has 1 fully saturated rings. The van der Waals surface area contributed by atoms with E-state index in [0.717, 1.165) is 22.4 Å². The van der Waals surface area contributed by atoms with Crippen LogP contribution in [-0.2, 0) is 25.8 Å². The molecule has 0 N–H and O–H groups in total. The first-order valence-corrected chi connectivity index (χ1v) is 11.4. The van der Waals surface area contributed by atoms with Gasteiger partial charge in [0.2, 0.25) is 0 Å². The largest absolute Gasteiger partial charge is 0.363 e. The number of thiophene rings is 1. The molecule has 3 heterocycles. The number of ether oxygens (including phenoxy) is 1. The van der Waals surface area contributed by atoms with Crippen LogP contribution in [0.2, 0.25) is 0 Å². The average Bonchev–Trinajstić information content (AvgIpc) is 3.12. The van der Waals surface area contributed by atoms with E-state index < -0.39 is 21.2 Å². The Morgan fingerprint density at radius 1 is 1.15 bits per heavy atom. The lowest BCUT2D eigenvalue weighted by molar-refractivity contribution is -0.144. The summed E-state index contributed by atoms with van der Waals surface area (Å²) >= 11 is 1.46. The van der Waals surface area contributed by atoms with Crippen LogP contribution < -0.4 is 0 Å². The van der Waals surface area contributed by atoms with Crippen LogP contribution in [0.25, 0.3) is 0 Å². The molecule has 26 heavy (non-hydrogen) atoms. The zero-order valence-corrected chi connectivity index (χ0v) is 16.0. The molecule has 2 aliphatic heterocycles. The van der Waals surface area contributed by atoms with Gasteiger partial charge in [-0.2, -0.15) is 0 Å². The molecule has 7 heteroatoms. The van der Waals surface area contributed by atoms with E-state index >= 15 is 0 Å². The summed E-state index contributed by atoms with van der Waals surface area (Å²) in [6.07, 6.45) is 0.610. The minimum atomic E-state index is -3.26. The topological polar surface area (TPSA) is 63.7 Å². The lowest BCUT2D eigenvalue weighted by Crippen LogP contribution is -2.39. The molecular formula is C19H21NO4S2. The first-order valence-electron chi connectivity index (χ1n) is 8.79. The van der Waals surface area contributed by atoms with Crippen LogP contribution in [0.4, 0.5) is 0 Å². The fourth-order valence-corrected chi connectivity index (χ4v) is 6.73. The second-order valence-electron chi connectivity index (χ2n) is 6.68. The molecule has 0 spiro atoms. The fraction of sp³-hybridized carbons (Fsp3) is 0.421. The maximum atomic E-state index is 13.1. The first-order chi connectivity index (χ1) is 12.6. The number of hydrogen-bond acceptors (Lipinski definition) is 5. The molecule has 2 atom stereocenters. The third kappa shape index (κ3) is 3.31. The van der Waals surface area contributed by atoms with E-state index in [2.05, 4.69) is 0 Å². The maximum Gasteiger partial charge on any atom is 0.256 e. The number of sulfone groups is 1. The number of nitrogens with zero attached hydrogens (tertiary/aromatic N) is 1. The average molecular weight is 392 g/mol. The van der Waals surface area contributed by atoms with Gasteiger partial charge in [-0.25, -0.2) is 8.42 Å². The molecule has 2 aromatic rings. The molecule has 1 saturated heterocycles. The third-order valence-electron chi connectivity index (χ3n) is 5.13. The highest BCUT2D eigenvalue weighted by molar-refractivity contribution is 7.91. The fourth-order valence-electron chi connectivity index (χ4n) is 3.72. The lowest BCUT2D eigenvalue weighted by atomic mass is 9.97. The quantitative estimate of drug-likeness (QED) is 0.790. The minimum absolute atomic E-state index is 0.00429. The maximum absolute atomic E-state index is 13.1. The SMILES string of the molecule is O=C([C@@H]1OCCc2ccccc21)N1CC[C@H](c2cccs2)S(=O)(=O)CC1. The van der Waals surface area contributed by atoms with Crippen LogP contribution in [0, 0.1) is 0 Å². The number of rotatable bonds is 2. The van der Waals surface area contributed by atoms with Gasteiger partial charge in [-0.05, 0) is 35.4 Å². The summed E-state index contributed by atoms with van der Waals surface area (Å²) in [7, 11) is -3.26. The molecule has 2 aliphatic rings. The van der Waals surface area contributed by atoms with Crippen molar-refractivity contribution in [2.75, 3.05) is 25.4 Å². The molecule has 0 radical (unpaired) electrons. The van der Waals surface area contributed by atoms with Crippen LogP contribution in [0.15, 0.2) is 41.8 Å². The van der Waals surface area contributed by atoms with Crippen molar-refractivity contribution >= 4 is 27.1 Å². The van der Waals surface area contributed by atoms with Gasteiger partial charge in [0.25, 0.3) is 5.91 Å². The number of benzene rings is 1. The van der Waals surface area contributed by atoms with Crippen LogP contribution >= 0.6 is 11.3 Å². The van der Waals surface area contributed by atoms with Crippen molar-refractivity contribution < 1.29 is 17.9 Å². The van der Waals surface area contributed by atoms with Gasteiger partial charge in [0, 0.05) is 18.0 Å². The van der Waals surface area contributed by atoms with Gasteiger partial charge in [0.05, 0.1) is 17.6 Å². The summed E-state index contributed by atoms with van der Waals surface area (Å²) in [6, 6.07) is 11.6. The molecule has 4 rings (SSSR count). The van der Waals surface area contributed by atoms with Crippen LogP contribution in [0.3, 0.4) is 0 Å². The van der Waals surface area contributed by atoms with Crippen molar-refractivity contribution in [3.63, 3.8) is 0 Å². The monoisotopic (exact) mass is 391 g/mol. The van der Waals surface area contributed by atoms with E-state index in [4.69, 9.17) is 4.74 Å². The Bertz CT molecular complexity index is 892. The molecule has 0 unspecified atom stereocenters. The number of carbonyl (C=O) groups is 1. The van der Waals surface area contributed by atoms with Crippen LogP contribution in [0.5, 0.6) is 0 Å². The zero-order valence-electron chi connectivity index (χ0n) is 14.3. The Kier molecular flexibility index (Phi) is 4.86. The van der Waals surface area contributed by atoms with Gasteiger partial charge in [0.1, 0.15) is 0 Å². The van der Waals surface area contributed by atoms with Crippen molar-refractivity contribution in [1.29, 1.82) is 0 Å². The highest BCUT2D eigenvalue weighted by Gasteiger charge is 2.36. The van der Waals surface area contributed by atoms with Gasteiger partial charge >= 0.3 is 0 Å². The molecule has 5 nitrogen and oxygen atoms in total. The summed E-state index contributed by atoms with van der Waals surface area (Å²) in [5, 5.41) is 1.38. The van der Waals surface area contributed by atoms with Gasteiger partial charge in [-0.15, -0.1) is 11.3 Å². The molecular weight excluding hydrogens is 370 g/mol. The van der Waals surface area contributed by atoms with E-state index in [0.29, 0.717) is 19.6 Å². The Hall–Kier alpha value is -1.70. The standard InChI is InChI=1S/C19H21NO4S2/c21-19(18-15-5-2-1-4-14(15)8-11-24-18)20-9-7-17(16-6-3-12-25-16)26(22,23)13-10-20/h1-6,12,17-18H,7-11,13H2/t17-,18-/m1/s1. The molecule has 0 aliphatic carbocycles. The summed E-state index contributed by atoms with van der Waals surface area (Å²) in [4.78, 5) is 15.6. The van der Waals surface area contributed by atoms with E-state index in [1.54, 1.807) is 4.90 Å². The van der Waals surface area contributed by atoms with Crippen molar-refractivity contribution in [2.45, 2.75) is 24.2 Å². The molecule has 138 valence electrons. The van der Waals surface area contributed by atoms with E-state index in [9.17, 15) is 13.2 Å². The van der Waals surface area contributed by atoms with Gasteiger partial charge in [-0.3, -0.25) is 4.79 Å². The molecule has 0 saturated carbocycles. The summed E-state index contributed by atoms with van der Waals surface area (Å²) in [5.41, 5.74) is 2.04. The molecule has 1 aromatic carbocycles. The predicted molar refractivity (Wildman–Crippen MR) is 101 cm³/mol. The number of hydrogen-bond donors (Lipinski definition) is 0. The van der Waals surface area contributed by atoms with Crippen LogP contribution in [0.1, 0.15) is 33.8 Å². The first kappa shape index (κ1) is 17.7. The molecule has 1 amide bonds. The second-order valence-corrected chi connectivity index (χ2v) is 9.97. The van der Waals surface area contributed by atoms with Crippen LogP contribution in [-0.4, -0.2) is 44.7 Å². The Labute approximate surface area is 157 Å². The summed E-state index contributed by atoms with van der Waals surface area (Å²) in [5.74, 6) is -0.130. The lowest BCUT2D eigenvalue weighted by Gasteiger charge is -2.30. The van der Waals surface area contributed by atoms with Crippen molar-refractivity contribution in [2.24, 2.45) is 0 Å². The predicted octanol–water partition coefficient (Wildman–Crippen LogP) is 2.75. The smallest absolute Gasteiger partial charge is 0.256 e. The number of fused-ring (bicyclic) bond motifs is 1. The van der Waals surface area contributed by atoms with Crippen molar-refractivity contribution in [1.82, 2.24) is 4.90 Å². The normalized spacial score (nSPS) is 25.3. The van der Waals surface area contributed by atoms with E-state index in [1.807, 2.05) is 41.8 Å². The Morgan fingerprint density at radius 3 is 2.81 bits per heavy atom. The number of carbonyl (C=O) groups excluding carboxylic acids is 1. The highest BCUT2D eigenvalue weighted by atomic mass is 32.2. The third-order valence-corrected chi connectivity index (χ3v) is 8.37. The summed E-state index contributed by atoms with van der Waals surface area (Å²) < 4.78 is 31.1. The Balaban J connectivity index is 1.55. The van der Waals surface area contributed by atoms with Gasteiger partial charge < -0.3 is 9.64 Å². The Morgan fingerprint density at radius 2 is 2.00 bits per heavy atom.